The van der Waals surface area contributed by atoms with Crippen LogP contribution < -0.4 is 0 Å². The van der Waals surface area contributed by atoms with E-state index in [1.807, 2.05) is 48.2 Å². The minimum absolute atomic E-state index is 0.0310. The van der Waals surface area contributed by atoms with Crippen molar-refractivity contribution in [1.29, 1.82) is 0 Å². The van der Waals surface area contributed by atoms with Gasteiger partial charge in [-0.3, -0.25) is 9.59 Å². The fraction of sp³-hybridized carbons (Fsp3) is 0.350. The van der Waals surface area contributed by atoms with E-state index in [2.05, 4.69) is 11.9 Å². The van der Waals surface area contributed by atoms with Crippen molar-refractivity contribution in [3.63, 3.8) is 0 Å². The van der Waals surface area contributed by atoms with Crippen LogP contribution in [0.4, 0.5) is 0 Å². The quantitative estimate of drug-likeness (QED) is 0.865. The molecule has 0 radical (unpaired) electrons. The van der Waals surface area contributed by atoms with Crippen LogP contribution in [0.25, 0.3) is 0 Å². The summed E-state index contributed by atoms with van der Waals surface area (Å²) in [6, 6.07) is 13.2. The second-order valence-electron chi connectivity index (χ2n) is 6.30. The van der Waals surface area contributed by atoms with Gasteiger partial charge in [0.15, 0.2) is 0 Å². The topological polar surface area (TPSA) is 53.5 Å². The second kappa shape index (κ2) is 7.47. The van der Waals surface area contributed by atoms with Gasteiger partial charge in [-0.05, 0) is 43.2 Å². The molecule has 2 aromatic rings. The zero-order chi connectivity index (χ0) is 17.8. The van der Waals surface area contributed by atoms with Gasteiger partial charge in [0.2, 0.25) is 0 Å². The fourth-order valence-electron chi connectivity index (χ4n) is 3.00. The van der Waals surface area contributed by atoms with Crippen LogP contribution in [0.2, 0.25) is 0 Å². The molecule has 0 saturated carbocycles. The summed E-state index contributed by atoms with van der Waals surface area (Å²) in [5.41, 5.74) is 3.22. The molecule has 1 aromatic carbocycles. The first kappa shape index (κ1) is 17.1. The van der Waals surface area contributed by atoms with Crippen LogP contribution in [-0.4, -0.2) is 52.8 Å². The van der Waals surface area contributed by atoms with Gasteiger partial charge in [-0.2, -0.15) is 0 Å². The summed E-state index contributed by atoms with van der Waals surface area (Å²) in [7, 11) is 0. The van der Waals surface area contributed by atoms with Crippen molar-refractivity contribution in [3.05, 3.63) is 65.0 Å². The molecular formula is C20H23N3O2. The summed E-state index contributed by atoms with van der Waals surface area (Å²) in [6.45, 7) is 6.13. The lowest BCUT2D eigenvalue weighted by molar-refractivity contribution is 0.0532. The summed E-state index contributed by atoms with van der Waals surface area (Å²) >= 11 is 0. The van der Waals surface area contributed by atoms with E-state index in [-0.39, 0.29) is 11.8 Å². The van der Waals surface area contributed by atoms with Crippen LogP contribution in [0.5, 0.6) is 0 Å². The lowest BCUT2D eigenvalue weighted by atomic mass is 10.1. The number of amides is 2. The molecule has 1 aromatic heterocycles. The van der Waals surface area contributed by atoms with Gasteiger partial charge in [-0.25, -0.2) is 4.98 Å². The Morgan fingerprint density at radius 1 is 0.920 bits per heavy atom. The normalized spacial score (nSPS) is 14.5. The smallest absolute Gasteiger partial charge is 0.272 e. The second-order valence-corrected chi connectivity index (χ2v) is 6.30. The standard InChI is InChI=1S/C20H23N3O2/c1-3-16-7-9-17(10-8-16)19(24)22-11-13-23(14-12-22)20(25)18-6-4-5-15(2)21-18/h4-10H,3,11-14H2,1-2H3. The molecule has 0 atom stereocenters. The van der Waals surface area contributed by atoms with Gasteiger partial charge < -0.3 is 9.80 Å². The first-order chi connectivity index (χ1) is 12.1. The van der Waals surface area contributed by atoms with Crippen LogP contribution in [0, 0.1) is 6.92 Å². The van der Waals surface area contributed by atoms with Crippen molar-refractivity contribution >= 4 is 11.8 Å². The highest BCUT2D eigenvalue weighted by Gasteiger charge is 2.26. The molecule has 1 fully saturated rings. The van der Waals surface area contributed by atoms with Crippen LogP contribution in [0.1, 0.15) is 39.0 Å². The minimum atomic E-state index is -0.0666. The van der Waals surface area contributed by atoms with Gasteiger partial charge in [-0.1, -0.05) is 25.1 Å². The Balaban J connectivity index is 1.61. The Hall–Kier alpha value is -2.69. The van der Waals surface area contributed by atoms with E-state index in [9.17, 15) is 9.59 Å². The average molecular weight is 337 g/mol. The minimum Gasteiger partial charge on any atom is -0.335 e. The molecule has 130 valence electrons. The monoisotopic (exact) mass is 337 g/mol. The number of hydrogen-bond acceptors (Lipinski definition) is 3. The predicted molar refractivity (Wildman–Crippen MR) is 96.6 cm³/mol. The maximum Gasteiger partial charge on any atom is 0.272 e. The molecule has 0 spiro atoms. The maximum atomic E-state index is 12.6. The van der Waals surface area contributed by atoms with Crippen molar-refractivity contribution in [2.24, 2.45) is 0 Å². The Labute approximate surface area is 148 Å². The largest absolute Gasteiger partial charge is 0.335 e. The first-order valence-corrected chi connectivity index (χ1v) is 8.69. The van der Waals surface area contributed by atoms with Gasteiger partial charge in [-0.15, -0.1) is 0 Å². The van der Waals surface area contributed by atoms with Crippen molar-refractivity contribution in [3.8, 4) is 0 Å². The number of rotatable bonds is 3. The zero-order valence-corrected chi connectivity index (χ0v) is 14.7. The molecular weight excluding hydrogens is 314 g/mol. The fourth-order valence-corrected chi connectivity index (χ4v) is 3.00. The molecule has 1 aliphatic heterocycles. The Morgan fingerprint density at radius 2 is 1.52 bits per heavy atom. The number of nitrogens with zero attached hydrogens (tertiary/aromatic N) is 3. The summed E-state index contributed by atoms with van der Waals surface area (Å²) < 4.78 is 0. The molecule has 0 N–H and O–H groups in total. The molecule has 1 saturated heterocycles. The van der Waals surface area contributed by atoms with Gasteiger partial charge in [0.1, 0.15) is 5.69 Å². The number of benzene rings is 1. The number of aryl methyl sites for hydroxylation is 2. The first-order valence-electron chi connectivity index (χ1n) is 8.69. The van der Waals surface area contributed by atoms with E-state index >= 15 is 0 Å². The number of aromatic nitrogens is 1. The zero-order valence-electron chi connectivity index (χ0n) is 14.7. The van der Waals surface area contributed by atoms with E-state index < -0.39 is 0 Å². The number of pyridine rings is 1. The van der Waals surface area contributed by atoms with Crippen molar-refractivity contribution in [1.82, 2.24) is 14.8 Å². The van der Waals surface area contributed by atoms with E-state index in [0.29, 0.717) is 37.4 Å². The molecule has 5 heteroatoms. The third-order valence-electron chi connectivity index (χ3n) is 4.57. The van der Waals surface area contributed by atoms with Gasteiger partial charge in [0.25, 0.3) is 11.8 Å². The Bertz CT molecular complexity index is 763. The molecule has 1 aliphatic rings. The molecule has 5 nitrogen and oxygen atoms in total. The SMILES string of the molecule is CCc1ccc(C(=O)N2CCN(C(=O)c3cccc(C)n3)CC2)cc1. The van der Waals surface area contributed by atoms with Crippen molar-refractivity contribution < 1.29 is 9.59 Å². The van der Waals surface area contributed by atoms with Crippen LogP contribution in [-0.2, 0) is 6.42 Å². The van der Waals surface area contributed by atoms with Gasteiger partial charge >= 0.3 is 0 Å². The highest BCUT2D eigenvalue weighted by molar-refractivity contribution is 5.95. The van der Waals surface area contributed by atoms with E-state index in [0.717, 1.165) is 12.1 Å². The van der Waals surface area contributed by atoms with E-state index in [4.69, 9.17) is 0 Å². The third-order valence-corrected chi connectivity index (χ3v) is 4.57. The van der Waals surface area contributed by atoms with E-state index in [1.165, 1.54) is 5.56 Å². The molecule has 2 amide bonds. The molecule has 0 unspecified atom stereocenters. The molecule has 3 rings (SSSR count). The van der Waals surface area contributed by atoms with Crippen molar-refractivity contribution in [2.45, 2.75) is 20.3 Å². The summed E-state index contributed by atoms with van der Waals surface area (Å²) in [5.74, 6) is -0.0356. The Kier molecular flexibility index (Phi) is 5.12. The lowest BCUT2D eigenvalue weighted by Crippen LogP contribution is -2.50. The van der Waals surface area contributed by atoms with Gasteiger partial charge in [0, 0.05) is 37.4 Å². The number of carbonyl (C=O) groups is 2. The van der Waals surface area contributed by atoms with Crippen LogP contribution >= 0.6 is 0 Å². The number of carbonyl (C=O) groups excluding carboxylic acids is 2. The molecule has 0 bridgehead atoms. The van der Waals surface area contributed by atoms with Crippen LogP contribution in [0.15, 0.2) is 42.5 Å². The van der Waals surface area contributed by atoms with Crippen LogP contribution in [0.3, 0.4) is 0 Å². The molecule has 0 aliphatic carbocycles. The predicted octanol–water partition coefficient (Wildman–Crippen LogP) is 2.55. The lowest BCUT2D eigenvalue weighted by Gasteiger charge is -2.34. The van der Waals surface area contributed by atoms with Crippen molar-refractivity contribution in [2.75, 3.05) is 26.2 Å². The molecule has 25 heavy (non-hydrogen) atoms. The number of piperazine rings is 1. The maximum absolute atomic E-state index is 12.6. The molecule has 2 heterocycles. The highest BCUT2D eigenvalue weighted by Crippen LogP contribution is 2.12. The number of hydrogen-bond donors (Lipinski definition) is 0. The average Bonchev–Trinajstić information content (AvgIpc) is 2.67. The third kappa shape index (κ3) is 3.87. The van der Waals surface area contributed by atoms with E-state index in [1.54, 1.807) is 11.0 Å². The van der Waals surface area contributed by atoms with Gasteiger partial charge in [0.05, 0.1) is 0 Å². The summed E-state index contributed by atoms with van der Waals surface area (Å²) in [6.07, 6.45) is 0.961. The summed E-state index contributed by atoms with van der Waals surface area (Å²) in [4.78, 5) is 33.0. The highest BCUT2D eigenvalue weighted by atomic mass is 16.2. The summed E-state index contributed by atoms with van der Waals surface area (Å²) in [5, 5.41) is 0. The Morgan fingerprint density at radius 3 is 2.08 bits per heavy atom.